The van der Waals surface area contributed by atoms with E-state index in [1.165, 1.54) is 0 Å². The lowest BCUT2D eigenvalue weighted by Crippen LogP contribution is -2.48. The van der Waals surface area contributed by atoms with Crippen LogP contribution in [0.1, 0.15) is 32.8 Å². The van der Waals surface area contributed by atoms with Crippen molar-refractivity contribution >= 4 is 5.82 Å². The molecule has 0 aromatic carbocycles. The molecule has 1 rings (SSSR count). The van der Waals surface area contributed by atoms with Crippen molar-refractivity contribution in [1.29, 1.82) is 0 Å². The molecule has 1 heterocycles. The van der Waals surface area contributed by atoms with E-state index in [0.29, 0.717) is 12.4 Å². The normalized spacial score (nSPS) is 16.5. The summed E-state index contributed by atoms with van der Waals surface area (Å²) in [5, 5.41) is 0. The number of hydrogen-bond acceptors (Lipinski definition) is 4. The van der Waals surface area contributed by atoms with Gasteiger partial charge in [0.15, 0.2) is 0 Å². The second-order valence-corrected chi connectivity index (χ2v) is 4.50. The van der Waals surface area contributed by atoms with E-state index >= 15 is 0 Å². The molecule has 4 nitrogen and oxygen atoms in total. The first-order valence-electron chi connectivity index (χ1n) is 6.11. The van der Waals surface area contributed by atoms with Gasteiger partial charge in [0.25, 0.3) is 0 Å². The van der Waals surface area contributed by atoms with Crippen LogP contribution in [0.15, 0.2) is 18.3 Å². The molecule has 0 spiro atoms. The fourth-order valence-corrected chi connectivity index (χ4v) is 1.89. The molecule has 0 aliphatic rings. The van der Waals surface area contributed by atoms with Crippen LogP contribution in [0.2, 0.25) is 0 Å². The van der Waals surface area contributed by atoms with Crippen molar-refractivity contribution in [3.8, 4) is 0 Å². The fraction of sp³-hybridized carbons (Fsp3) is 0.615. The molecule has 0 radical (unpaired) electrons. The summed E-state index contributed by atoms with van der Waals surface area (Å²) in [6.45, 7) is 6.82. The van der Waals surface area contributed by atoms with E-state index in [1.807, 2.05) is 19.1 Å². The summed E-state index contributed by atoms with van der Waals surface area (Å²) in [4.78, 5) is 3.97. The highest BCUT2D eigenvalue weighted by Crippen LogP contribution is 2.21. The average molecular weight is 237 g/mol. The smallest absolute Gasteiger partial charge is 0.123 e. The van der Waals surface area contributed by atoms with E-state index in [2.05, 4.69) is 18.8 Å². The van der Waals surface area contributed by atoms with Crippen LogP contribution in [0.3, 0.4) is 0 Å². The van der Waals surface area contributed by atoms with Gasteiger partial charge in [-0.2, -0.15) is 0 Å². The molecule has 0 fully saturated rings. The zero-order chi connectivity index (χ0) is 12.9. The van der Waals surface area contributed by atoms with Crippen LogP contribution in [0, 0.1) is 0 Å². The monoisotopic (exact) mass is 237 g/mol. The number of ether oxygens (including phenoxy) is 1. The number of nitrogen functional groups attached to an aromatic ring is 1. The van der Waals surface area contributed by atoms with Crippen molar-refractivity contribution in [2.75, 3.05) is 12.3 Å². The third-order valence-corrected chi connectivity index (χ3v) is 3.26. The SMILES string of the molecule is CCOC(C)(CC)C(N)Cc1ccnc(N)c1. The number of nitrogens with zero attached hydrogens (tertiary/aromatic N) is 1. The van der Waals surface area contributed by atoms with Gasteiger partial charge in [-0.1, -0.05) is 6.92 Å². The van der Waals surface area contributed by atoms with Gasteiger partial charge in [0.05, 0.1) is 5.60 Å². The summed E-state index contributed by atoms with van der Waals surface area (Å²) in [5.41, 5.74) is 12.7. The maximum atomic E-state index is 6.24. The third-order valence-electron chi connectivity index (χ3n) is 3.26. The van der Waals surface area contributed by atoms with Gasteiger partial charge in [-0.25, -0.2) is 4.98 Å². The average Bonchev–Trinajstić information content (AvgIpc) is 2.29. The number of hydrogen-bond donors (Lipinski definition) is 2. The summed E-state index contributed by atoms with van der Waals surface area (Å²) in [6, 6.07) is 3.76. The molecule has 2 atom stereocenters. The topological polar surface area (TPSA) is 74.2 Å². The van der Waals surface area contributed by atoms with Crippen molar-refractivity contribution in [3.05, 3.63) is 23.9 Å². The quantitative estimate of drug-likeness (QED) is 0.790. The molecule has 2 unspecified atom stereocenters. The molecule has 1 aromatic rings. The van der Waals surface area contributed by atoms with Crippen LogP contribution >= 0.6 is 0 Å². The Hall–Kier alpha value is -1.13. The van der Waals surface area contributed by atoms with Crippen LogP contribution in [-0.2, 0) is 11.2 Å². The molecule has 0 aliphatic heterocycles. The van der Waals surface area contributed by atoms with Crippen molar-refractivity contribution in [2.24, 2.45) is 5.73 Å². The predicted octanol–water partition coefficient (Wildman–Crippen LogP) is 1.74. The van der Waals surface area contributed by atoms with Crippen LogP contribution in [0.5, 0.6) is 0 Å². The number of aromatic nitrogens is 1. The summed E-state index contributed by atoms with van der Waals surface area (Å²) < 4.78 is 5.77. The van der Waals surface area contributed by atoms with E-state index in [0.717, 1.165) is 18.4 Å². The van der Waals surface area contributed by atoms with Crippen LogP contribution in [0.25, 0.3) is 0 Å². The van der Waals surface area contributed by atoms with Gasteiger partial charge in [-0.05, 0) is 44.4 Å². The Balaban J connectivity index is 2.73. The second kappa shape index (κ2) is 5.98. The predicted molar refractivity (Wildman–Crippen MR) is 70.7 cm³/mol. The number of pyridine rings is 1. The summed E-state index contributed by atoms with van der Waals surface area (Å²) >= 11 is 0. The Morgan fingerprint density at radius 3 is 2.71 bits per heavy atom. The zero-order valence-corrected chi connectivity index (χ0v) is 10.9. The van der Waals surface area contributed by atoms with E-state index in [1.54, 1.807) is 6.20 Å². The molecule has 0 saturated carbocycles. The molecule has 0 bridgehead atoms. The van der Waals surface area contributed by atoms with E-state index in [9.17, 15) is 0 Å². The highest BCUT2D eigenvalue weighted by atomic mass is 16.5. The lowest BCUT2D eigenvalue weighted by Gasteiger charge is -2.34. The van der Waals surface area contributed by atoms with Gasteiger partial charge < -0.3 is 16.2 Å². The summed E-state index contributed by atoms with van der Waals surface area (Å²) in [7, 11) is 0. The largest absolute Gasteiger partial charge is 0.384 e. The molecular weight excluding hydrogens is 214 g/mol. The van der Waals surface area contributed by atoms with E-state index < -0.39 is 0 Å². The lowest BCUT2D eigenvalue weighted by molar-refractivity contribution is -0.0461. The molecule has 0 amide bonds. The van der Waals surface area contributed by atoms with Crippen LogP contribution in [0.4, 0.5) is 5.82 Å². The van der Waals surface area contributed by atoms with Crippen molar-refractivity contribution in [1.82, 2.24) is 4.98 Å². The molecule has 4 heteroatoms. The minimum absolute atomic E-state index is 0.0470. The minimum atomic E-state index is -0.285. The Bertz CT molecular complexity index is 356. The first kappa shape index (κ1) is 13.9. The van der Waals surface area contributed by atoms with Gasteiger partial charge in [0.1, 0.15) is 5.82 Å². The first-order chi connectivity index (χ1) is 8.01. The minimum Gasteiger partial charge on any atom is -0.384 e. The molecule has 96 valence electrons. The van der Waals surface area contributed by atoms with Gasteiger partial charge >= 0.3 is 0 Å². The molecule has 1 aromatic heterocycles. The van der Waals surface area contributed by atoms with Crippen LogP contribution < -0.4 is 11.5 Å². The van der Waals surface area contributed by atoms with E-state index in [-0.39, 0.29) is 11.6 Å². The Morgan fingerprint density at radius 2 is 2.18 bits per heavy atom. The standard InChI is InChI=1S/C13H23N3O/c1-4-13(3,17-5-2)11(14)8-10-6-7-16-12(15)9-10/h6-7,9,11H,4-5,8,14H2,1-3H3,(H2,15,16). The van der Waals surface area contributed by atoms with Crippen LogP contribution in [-0.4, -0.2) is 23.2 Å². The number of anilines is 1. The highest BCUT2D eigenvalue weighted by Gasteiger charge is 2.30. The summed E-state index contributed by atoms with van der Waals surface area (Å²) in [5.74, 6) is 0.532. The van der Waals surface area contributed by atoms with Gasteiger partial charge in [-0.15, -0.1) is 0 Å². The lowest BCUT2D eigenvalue weighted by atomic mass is 9.89. The van der Waals surface area contributed by atoms with Gasteiger partial charge in [0.2, 0.25) is 0 Å². The molecule has 4 N–H and O–H groups in total. The van der Waals surface area contributed by atoms with Crippen molar-refractivity contribution < 1.29 is 4.74 Å². The third kappa shape index (κ3) is 3.68. The number of nitrogens with two attached hydrogens (primary N) is 2. The Labute approximate surface area is 103 Å². The molecule has 17 heavy (non-hydrogen) atoms. The second-order valence-electron chi connectivity index (χ2n) is 4.50. The van der Waals surface area contributed by atoms with Crippen molar-refractivity contribution in [3.63, 3.8) is 0 Å². The first-order valence-corrected chi connectivity index (χ1v) is 6.11. The molecular formula is C13H23N3O. The molecule has 0 saturated heterocycles. The van der Waals surface area contributed by atoms with Gasteiger partial charge in [-0.3, -0.25) is 0 Å². The maximum absolute atomic E-state index is 6.24. The zero-order valence-electron chi connectivity index (χ0n) is 10.9. The van der Waals surface area contributed by atoms with Crippen molar-refractivity contribution in [2.45, 2.75) is 45.3 Å². The Morgan fingerprint density at radius 1 is 1.47 bits per heavy atom. The van der Waals surface area contributed by atoms with Gasteiger partial charge in [0, 0.05) is 18.8 Å². The summed E-state index contributed by atoms with van der Waals surface area (Å²) in [6.07, 6.45) is 3.35. The number of rotatable bonds is 6. The maximum Gasteiger partial charge on any atom is 0.123 e. The fourth-order valence-electron chi connectivity index (χ4n) is 1.89. The molecule has 0 aliphatic carbocycles. The highest BCUT2D eigenvalue weighted by molar-refractivity contribution is 5.32. The Kier molecular flexibility index (Phi) is 4.90. The van der Waals surface area contributed by atoms with E-state index in [4.69, 9.17) is 16.2 Å².